The molecule has 0 N–H and O–H groups in total. The van der Waals surface area contributed by atoms with Gasteiger partial charge in [0.15, 0.2) is 0 Å². The van der Waals surface area contributed by atoms with Crippen molar-refractivity contribution in [1.82, 2.24) is 0 Å². The lowest BCUT2D eigenvalue weighted by molar-refractivity contribution is -0.386. The van der Waals surface area contributed by atoms with Gasteiger partial charge < -0.3 is 9.47 Å². The number of carbonyl (C=O) groups excluding carboxylic acids is 2. The van der Waals surface area contributed by atoms with Crippen molar-refractivity contribution in [2.45, 2.75) is 13.8 Å². The van der Waals surface area contributed by atoms with E-state index in [4.69, 9.17) is 9.47 Å². The average Bonchev–Trinajstić information content (AvgIpc) is 2.67. The molecule has 0 spiro atoms. The number of esters is 2. The summed E-state index contributed by atoms with van der Waals surface area (Å²) in [5.74, 6) is -1.49. The second kappa shape index (κ2) is 8.71. The van der Waals surface area contributed by atoms with E-state index in [1.165, 1.54) is 24.3 Å². The molecule has 2 rings (SSSR count). The maximum absolute atomic E-state index is 11.8. The van der Waals surface area contributed by atoms with E-state index in [2.05, 4.69) is 0 Å². The Morgan fingerprint density at radius 3 is 1.43 bits per heavy atom. The maximum Gasteiger partial charge on any atom is 0.338 e. The predicted molar refractivity (Wildman–Crippen MR) is 97.1 cm³/mol. The van der Waals surface area contributed by atoms with Crippen LogP contribution < -0.4 is 0 Å². The fourth-order valence-electron chi connectivity index (χ4n) is 2.50. The normalized spacial score (nSPS) is 10.2. The molecule has 2 aromatic carbocycles. The van der Waals surface area contributed by atoms with Crippen LogP contribution in [-0.2, 0) is 9.47 Å². The quantitative estimate of drug-likeness (QED) is 0.399. The molecule has 0 heterocycles. The van der Waals surface area contributed by atoms with Crippen molar-refractivity contribution in [3.05, 3.63) is 67.8 Å². The number of carbonyl (C=O) groups is 2. The minimum absolute atomic E-state index is 0.0527. The Hall–Kier alpha value is -3.82. The van der Waals surface area contributed by atoms with Crippen LogP contribution in [0.5, 0.6) is 0 Å². The van der Waals surface area contributed by atoms with Crippen LogP contribution in [0.15, 0.2) is 36.4 Å². The van der Waals surface area contributed by atoms with E-state index in [0.717, 1.165) is 12.1 Å². The van der Waals surface area contributed by atoms with Gasteiger partial charge in [-0.1, -0.05) is 0 Å². The molecule has 0 aliphatic rings. The molecule has 0 amide bonds. The highest BCUT2D eigenvalue weighted by Gasteiger charge is 2.26. The van der Waals surface area contributed by atoms with Crippen molar-refractivity contribution < 1.29 is 28.9 Å². The number of hydrogen-bond acceptors (Lipinski definition) is 8. The molecule has 146 valence electrons. The number of nitro groups is 2. The summed E-state index contributed by atoms with van der Waals surface area (Å²) >= 11 is 0. The monoisotopic (exact) mass is 388 g/mol. The molecular formula is C18H16N2O8. The van der Waals surface area contributed by atoms with Gasteiger partial charge in [-0.05, 0) is 38.1 Å². The molecule has 28 heavy (non-hydrogen) atoms. The van der Waals surface area contributed by atoms with E-state index < -0.39 is 33.2 Å². The summed E-state index contributed by atoms with van der Waals surface area (Å²) in [4.78, 5) is 45.1. The van der Waals surface area contributed by atoms with Crippen LogP contribution >= 0.6 is 0 Å². The van der Waals surface area contributed by atoms with Gasteiger partial charge in [0.25, 0.3) is 11.4 Å². The summed E-state index contributed by atoms with van der Waals surface area (Å²) in [7, 11) is 0. The third kappa shape index (κ3) is 4.29. The van der Waals surface area contributed by atoms with Crippen LogP contribution in [0, 0.1) is 20.2 Å². The van der Waals surface area contributed by atoms with Crippen molar-refractivity contribution in [1.29, 1.82) is 0 Å². The fourth-order valence-corrected chi connectivity index (χ4v) is 2.50. The van der Waals surface area contributed by atoms with Gasteiger partial charge in [0.1, 0.15) is 0 Å². The molecule has 0 radical (unpaired) electrons. The van der Waals surface area contributed by atoms with Crippen molar-refractivity contribution in [2.24, 2.45) is 0 Å². The zero-order valence-corrected chi connectivity index (χ0v) is 15.0. The van der Waals surface area contributed by atoms with Gasteiger partial charge in [0.05, 0.1) is 45.3 Å². The zero-order chi connectivity index (χ0) is 20.8. The highest BCUT2D eigenvalue weighted by molar-refractivity contribution is 5.95. The first-order valence-electron chi connectivity index (χ1n) is 8.21. The smallest absolute Gasteiger partial charge is 0.338 e. The molecular weight excluding hydrogens is 372 g/mol. The predicted octanol–water partition coefficient (Wildman–Crippen LogP) is 3.52. The Kier molecular flexibility index (Phi) is 6.38. The van der Waals surface area contributed by atoms with Gasteiger partial charge >= 0.3 is 11.9 Å². The summed E-state index contributed by atoms with van der Waals surface area (Å²) in [5, 5.41) is 23.0. The number of rotatable bonds is 7. The standard InChI is InChI=1S/C18H16N2O8/c1-3-27-17(21)11-5-7-13(15(9-11)19(23)24)14-8-6-12(18(22)28-4-2)10-16(14)20(25)26/h5-10H,3-4H2,1-2H3. The average molecular weight is 388 g/mol. The van der Waals surface area contributed by atoms with Gasteiger partial charge in [-0.25, -0.2) is 9.59 Å². The molecule has 2 aromatic rings. The largest absolute Gasteiger partial charge is 0.462 e. The molecule has 0 bridgehead atoms. The zero-order valence-electron chi connectivity index (χ0n) is 15.0. The van der Waals surface area contributed by atoms with Crippen LogP contribution in [0.3, 0.4) is 0 Å². The Balaban J connectivity index is 2.63. The van der Waals surface area contributed by atoms with Crippen LogP contribution in [0.25, 0.3) is 11.1 Å². The molecule has 0 unspecified atom stereocenters. The minimum atomic E-state index is -0.749. The number of hydrogen-bond donors (Lipinski definition) is 0. The van der Waals surface area contributed by atoms with Crippen molar-refractivity contribution >= 4 is 23.3 Å². The highest BCUT2D eigenvalue weighted by atomic mass is 16.6. The van der Waals surface area contributed by atoms with E-state index in [-0.39, 0.29) is 35.5 Å². The Bertz CT molecular complexity index is 877. The lowest BCUT2D eigenvalue weighted by Gasteiger charge is -2.08. The van der Waals surface area contributed by atoms with Crippen LogP contribution in [0.4, 0.5) is 11.4 Å². The summed E-state index contributed by atoms with van der Waals surface area (Å²) < 4.78 is 9.63. The molecule has 0 fully saturated rings. The Morgan fingerprint density at radius 1 is 0.786 bits per heavy atom. The molecule has 10 heteroatoms. The molecule has 10 nitrogen and oxygen atoms in total. The summed E-state index contributed by atoms with van der Waals surface area (Å²) in [5.41, 5.74) is -1.25. The van der Waals surface area contributed by atoms with Gasteiger partial charge in [-0.15, -0.1) is 0 Å². The number of nitro benzene ring substituents is 2. The number of ether oxygens (including phenoxy) is 2. The maximum atomic E-state index is 11.8. The van der Waals surface area contributed by atoms with Gasteiger partial charge in [-0.2, -0.15) is 0 Å². The summed E-state index contributed by atoms with van der Waals surface area (Å²) in [6, 6.07) is 7.02. The first-order chi connectivity index (χ1) is 13.3. The van der Waals surface area contributed by atoms with Crippen molar-refractivity contribution in [3.63, 3.8) is 0 Å². The fraction of sp³-hybridized carbons (Fsp3) is 0.222. The molecule has 0 atom stereocenters. The molecule has 0 saturated heterocycles. The third-order valence-corrected chi connectivity index (χ3v) is 3.70. The van der Waals surface area contributed by atoms with Crippen molar-refractivity contribution in [3.8, 4) is 11.1 Å². The van der Waals surface area contributed by atoms with E-state index in [1.54, 1.807) is 13.8 Å². The van der Waals surface area contributed by atoms with E-state index >= 15 is 0 Å². The highest BCUT2D eigenvalue weighted by Crippen LogP contribution is 2.37. The van der Waals surface area contributed by atoms with Crippen molar-refractivity contribution in [2.75, 3.05) is 13.2 Å². The van der Waals surface area contributed by atoms with Gasteiger partial charge in [0.2, 0.25) is 0 Å². The molecule has 0 saturated carbocycles. The summed E-state index contributed by atoms with van der Waals surface area (Å²) in [6.45, 7) is 3.37. The summed E-state index contributed by atoms with van der Waals surface area (Å²) in [6.07, 6.45) is 0. The van der Waals surface area contributed by atoms with Crippen LogP contribution in [0.2, 0.25) is 0 Å². The lowest BCUT2D eigenvalue weighted by Crippen LogP contribution is -2.07. The second-order valence-electron chi connectivity index (χ2n) is 5.42. The topological polar surface area (TPSA) is 139 Å². The lowest BCUT2D eigenvalue weighted by atomic mass is 9.98. The molecule has 0 aliphatic carbocycles. The van der Waals surface area contributed by atoms with E-state index in [0.29, 0.717) is 0 Å². The number of benzene rings is 2. The van der Waals surface area contributed by atoms with Crippen LogP contribution in [-0.4, -0.2) is 35.0 Å². The number of nitrogens with zero attached hydrogens (tertiary/aromatic N) is 2. The Morgan fingerprint density at radius 2 is 1.14 bits per heavy atom. The third-order valence-electron chi connectivity index (χ3n) is 3.70. The van der Waals surface area contributed by atoms with Crippen LogP contribution in [0.1, 0.15) is 34.6 Å². The molecule has 0 aromatic heterocycles. The molecule has 0 aliphatic heterocycles. The first kappa shape index (κ1) is 20.5. The first-order valence-corrected chi connectivity index (χ1v) is 8.21. The van der Waals surface area contributed by atoms with Gasteiger partial charge in [-0.3, -0.25) is 20.2 Å². The SMILES string of the molecule is CCOC(=O)c1ccc(-c2ccc(C(=O)OCC)cc2[N+](=O)[O-])c([N+](=O)[O-])c1. The van der Waals surface area contributed by atoms with E-state index in [9.17, 15) is 29.8 Å². The Labute approximate surface area is 159 Å². The second-order valence-corrected chi connectivity index (χ2v) is 5.42. The minimum Gasteiger partial charge on any atom is -0.462 e. The van der Waals surface area contributed by atoms with Gasteiger partial charge in [0, 0.05) is 12.1 Å². The van der Waals surface area contributed by atoms with E-state index in [1.807, 2.05) is 0 Å².